The van der Waals surface area contributed by atoms with Crippen molar-refractivity contribution in [2.24, 2.45) is 0 Å². The molecule has 15 heavy (non-hydrogen) atoms. The number of nitrogens with zero attached hydrogens (tertiary/aromatic N) is 2. The van der Waals surface area contributed by atoms with Crippen molar-refractivity contribution in [1.29, 1.82) is 0 Å². The van der Waals surface area contributed by atoms with Crippen molar-refractivity contribution in [3.63, 3.8) is 0 Å². The van der Waals surface area contributed by atoms with Crippen LogP contribution < -0.4 is 0 Å². The fourth-order valence-corrected chi connectivity index (χ4v) is 1.63. The molecular weight excluding hydrogens is 192 g/mol. The van der Waals surface area contributed by atoms with E-state index in [0.717, 1.165) is 5.56 Å². The topological polar surface area (TPSA) is 56.0 Å². The van der Waals surface area contributed by atoms with Crippen molar-refractivity contribution in [2.45, 2.75) is 38.6 Å². The van der Waals surface area contributed by atoms with E-state index in [9.17, 15) is 10.1 Å². The van der Waals surface area contributed by atoms with Crippen LogP contribution in [0.5, 0.6) is 0 Å². The molecule has 0 aliphatic heterocycles. The Kier molecular flexibility index (Phi) is 3.39. The zero-order valence-electron chi connectivity index (χ0n) is 9.30. The van der Waals surface area contributed by atoms with E-state index in [1.165, 1.54) is 0 Å². The average Bonchev–Trinajstić information content (AvgIpc) is 2.18. The second kappa shape index (κ2) is 4.38. The molecule has 4 nitrogen and oxygen atoms in total. The van der Waals surface area contributed by atoms with Gasteiger partial charge < -0.3 is 0 Å². The van der Waals surface area contributed by atoms with Gasteiger partial charge in [-0.3, -0.25) is 15.1 Å². The summed E-state index contributed by atoms with van der Waals surface area (Å²) >= 11 is 0. The molecule has 1 aromatic heterocycles. The quantitative estimate of drug-likeness (QED) is 0.564. The maximum atomic E-state index is 10.8. The minimum atomic E-state index is -0.872. The first-order valence-electron chi connectivity index (χ1n) is 4.98. The molecule has 82 valence electrons. The van der Waals surface area contributed by atoms with Gasteiger partial charge in [-0.2, -0.15) is 0 Å². The molecule has 0 fully saturated rings. The van der Waals surface area contributed by atoms with Gasteiger partial charge in [-0.15, -0.1) is 0 Å². The molecule has 1 rings (SSSR count). The summed E-state index contributed by atoms with van der Waals surface area (Å²) in [4.78, 5) is 14.5. The lowest BCUT2D eigenvalue weighted by Crippen LogP contribution is -2.32. The average molecular weight is 208 g/mol. The summed E-state index contributed by atoms with van der Waals surface area (Å²) in [5, 5.41) is 10.8. The van der Waals surface area contributed by atoms with E-state index in [0.29, 0.717) is 6.42 Å². The molecule has 1 atom stereocenters. The van der Waals surface area contributed by atoms with Crippen LogP contribution in [0.2, 0.25) is 0 Å². The van der Waals surface area contributed by atoms with Gasteiger partial charge in [0, 0.05) is 37.6 Å². The van der Waals surface area contributed by atoms with E-state index in [1.807, 2.05) is 19.1 Å². The zero-order chi connectivity index (χ0) is 11.5. The second-order valence-electron chi connectivity index (χ2n) is 4.46. The van der Waals surface area contributed by atoms with Crippen LogP contribution in [0.1, 0.15) is 38.7 Å². The Labute approximate surface area is 89.5 Å². The first-order valence-corrected chi connectivity index (χ1v) is 4.98. The van der Waals surface area contributed by atoms with Gasteiger partial charge in [0.2, 0.25) is 5.54 Å². The predicted octanol–water partition coefficient (Wildman–Crippen LogP) is 2.63. The van der Waals surface area contributed by atoms with Gasteiger partial charge in [0.15, 0.2) is 0 Å². The van der Waals surface area contributed by atoms with E-state index in [1.54, 1.807) is 26.2 Å². The summed E-state index contributed by atoms with van der Waals surface area (Å²) < 4.78 is 0. The Morgan fingerprint density at radius 2 is 2.00 bits per heavy atom. The molecule has 0 radical (unpaired) electrons. The summed E-state index contributed by atoms with van der Waals surface area (Å²) in [5.74, 6) is 0.174. The fraction of sp³-hybridized carbons (Fsp3) is 0.545. The molecular formula is C11H16N2O2. The molecule has 0 bridgehead atoms. The number of aromatic nitrogens is 1. The largest absolute Gasteiger partial charge is 0.265 e. The highest BCUT2D eigenvalue weighted by Crippen LogP contribution is 2.26. The summed E-state index contributed by atoms with van der Waals surface area (Å²) in [7, 11) is 0. The molecule has 0 amide bonds. The van der Waals surface area contributed by atoms with Crippen molar-refractivity contribution in [3.05, 3.63) is 40.2 Å². The van der Waals surface area contributed by atoms with E-state index in [-0.39, 0.29) is 10.8 Å². The minimum Gasteiger partial charge on any atom is -0.265 e. The highest BCUT2D eigenvalue weighted by atomic mass is 16.6. The third kappa shape index (κ3) is 3.01. The Hall–Kier alpha value is -1.45. The molecule has 1 aromatic rings. The van der Waals surface area contributed by atoms with Crippen LogP contribution in [0.25, 0.3) is 0 Å². The smallest absolute Gasteiger partial charge is 0.217 e. The van der Waals surface area contributed by atoms with Crippen LogP contribution in [0.4, 0.5) is 0 Å². The number of hydrogen-bond donors (Lipinski definition) is 0. The summed E-state index contributed by atoms with van der Waals surface area (Å²) in [6, 6.07) is 3.81. The lowest BCUT2D eigenvalue weighted by Gasteiger charge is -2.20. The number of nitro groups is 1. The van der Waals surface area contributed by atoms with Crippen LogP contribution in [-0.4, -0.2) is 15.4 Å². The van der Waals surface area contributed by atoms with E-state index in [4.69, 9.17) is 0 Å². The zero-order valence-corrected chi connectivity index (χ0v) is 9.30. The maximum Gasteiger partial charge on any atom is 0.217 e. The van der Waals surface area contributed by atoms with Crippen molar-refractivity contribution < 1.29 is 4.92 Å². The summed E-state index contributed by atoms with van der Waals surface area (Å²) in [6.07, 6.45) is 3.96. The minimum absolute atomic E-state index is 0.174. The maximum absolute atomic E-state index is 10.8. The van der Waals surface area contributed by atoms with Gasteiger partial charge in [0.05, 0.1) is 0 Å². The second-order valence-corrected chi connectivity index (χ2v) is 4.46. The number of pyridine rings is 1. The van der Waals surface area contributed by atoms with Gasteiger partial charge >= 0.3 is 0 Å². The van der Waals surface area contributed by atoms with Crippen molar-refractivity contribution in [2.75, 3.05) is 0 Å². The molecule has 0 aliphatic carbocycles. The summed E-state index contributed by atoms with van der Waals surface area (Å²) in [5.41, 5.74) is 0.225. The Morgan fingerprint density at radius 3 is 2.47 bits per heavy atom. The molecule has 0 spiro atoms. The van der Waals surface area contributed by atoms with Crippen LogP contribution >= 0.6 is 0 Å². The standard InChI is InChI=1S/C11H16N2O2/c1-9(8-11(2,3)13(14)15)10-4-6-12-7-5-10/h4-7,9H,8H2,1-3H3. The number of rotatable bonds is 4. The van der Waals surface area contributed by atoms with Crippen molar-refractivity contribution in [1.82, 2.24) is 4.98 Å². The molecule has 0 saturated carbocycles. The van der Waals surface area contributed by atoms with Gasteiger partial charge in [-0.1, -0.05) is 6.92 Å². The van der Waals surface area contributed by atoms with Crippen molar-refractivity contribution >= 4 is 0 Å². The first-order chi connectivity index (χ1) is 6.93. The normalized spacial score (nSPS) is 13.5. The Bertz CT molecular complexity index is 336. The first kappa shape index (κ1) is 11.6. The van der Waals surface area contributed by atoms with Gasteiger partial charge in [-0.25, -0.2) is 0 Å². The Balaban J connectivity index is 2.72. The van der Waals surface area contributed by atoms with Crippen LogP contribution in [0, 0.1) is 10.1 Å². The molecule has 0 N–H and O–H groups in total. The molecule has 0 saturated heterocycles. The lowest BCUT2D eigenvalue weighted by molar-refractivity contribution is -0.562. The third-order valence-electron chi connectivity index (χ3n) is 2.58. The van der Waals surface area contributed by atoms with Crippen LogP contribution in [0.15, 0.2) is 24.5 Å². The number of hydrogen-bond acceptors (Lipinski definition) is 3. The Morgan fingerprint density at radius 1 is 1.47 bits per heavy atom. The lowest BCUT2D eigenvalue weighted by atomic mass is 9.88. The van der Waals surface area contributed by atoms with E-state index < -0.39 is 5.54 Å². The van der Waals surface area contributed by atoms with Crippen LogP contribution in [-0.2, 0) is 0 Å². The predicted molar refractivity (Wildman–Crippen MR) is 58.3 cm³/mol. The monoisotopic (exact) mass is 208 g/mol. The van der Waals surface area contributed by atoms with Crippen molar-refractivity contribution in [3.8, 4) is 0 Å². The molecule has 1 heterocycles. The van der Waals surface area contributed by atoms with Gasteiger partial charge in [-0.05, 0) is 23.6 Å². The van der Waals surface area contributed by atoms with Gasteiger partial charge in [0.1, 0.15) is 0 Å². The highest BCUT2D eigenvalue weighted by molar-refractivity contribution is 5.15. The summed E-state index contributed by atoms with van der Waals surface area (Å²) in [6.45, 7) is 5.32. The van der Waals surface area contributed by atoms with Crippen LogP contribution in [0.3, 0.4) is 0 Å². The molecule has 1 unspecified atom stereocenters. The molecule has 0 aliphatic rings. The fourth-order valence-electron chi connectivity index (χ4n) is 1.63. The third-order valence-corrected chi connectivity index (χ3v) is 2.58. The highest BCUT2D eigenvalue weighted by Gasteiger charge is 2.32. The molecule has 4 heteroatoms. The van der Waals surface area contributed by atoms with Gasteiger partial charge in [0.25, 0.3) is 0 Å². The SMILES string of the molecule is CC(CC(C)(C)[N+](=O)[O-])c1ccncc1. The van der Waals surface area contributed by atoms with E-state index >= 15 is 0 Å². The van der Waals surface area contributed by atoms with E-state index in [2.05, 4.69) is 4.98 Å². The molecule has 0 aromatic carbocycles.